The lowest BCUT2D eigenvalue weighted by atomic mass is 10.0. The highest BCUT2D eigenvalue weighted by atomic mass is 35.5. The third-order valence-corrected chi connectivity index (χ3v) is 3.85. The lowest BCUT2D eigenvalue weighted by Crippen LogP contribution is -2.40. The molecule has 18 heavy (non-hydrogen) atoms. The van der Waals surface area contributed by atoms with Gasteiger partial charge in [-0.1, -0.05) is 37.6 Å². The van der Waals surface area contributed by atoms with E-state index in [1.54, 1.807) is 0 Å². The number of amides is 1. The minimum absolute atomic E-state index is 0.0350. The third kappa shape index (κ3) is 2.52. The number of hydrogen-bond donors (Lipinski definition) is 1. The molecule has 1 fully saturated rings. The van der Waals surface area contributed by atoms with Crippen molar-refractivity contribution < 1.29 is 4.79 Å². The molecule has 1 saturated heterocycles. The molecule has 1 N–H and O–H groups in total. The van der Waals surface area contributed by atoms with Crippen molar-refractivity contribution in [2.75, 3.05) is 6.54 Å². The molecule has 0 aliphatic carbocycles. The van der Waals surface area contributed by atoms with Crippen LogP contribution in [0, 0.1) is 5.92 Å². The smallest absolute Gasteiger partial charge is 0.238 e. The van der Waals surface area contributed by atoms with Gasteiger partial charge in [-0.25, -0.2) is 0 Å². The summed E-state index contributed by atoms with van der Waals surface area (Å²) in [7, 11) is 0. The minimum Gasteiger partial charge on any atom is -0.319 e. The van der Waals surface area contributed by atoms with Gasteiger partial charge in [0.25, 0.3) is 0 Å². The number of halogens is 1. The van der Waals surface area contributed by atoms with Gasteiger partial charge in [-0.15, -0.1) is 0 Å². The highest BCUT2D eigenvalue weighted by Gasteiger charge is 2.35. The van der Waals surface area contributed by atoms with Gasteiger partial charge >= 0.3 is 0 Å². The topological polar surface area (TPSA) is 32.3 Å². The first kappa shape index (κ1) is 13.4. The number of hydrogen-bond acceptors (Lipinski definition) is 2. The van der Waals surface area contributed by atoms with Gasteiger partial charge in [0.05, 0.1) is 6.54 Å². The number of carbonyl (C=O) groups excluding carboxylic acids is 1. The largest absolute Gasteiger partial charge is 0.319 e. The Kier molecular flexibility index (Phi) is 3.93. The fraction of sp³-hybridized carbons (Fsp3) is 0.500. The van der Waals surface area contributed by atoms with Crippen molar-refractivity contribution in [1.82, 2.24) is 10.2 Å². The van der Waals surface area contributed by atoms with Crippen LogP contribution in [0.25, 0.3) is 0 Å². The summed E-state index contributed by atoms with van der Waals surface area (Å²) >= 11 is 5.90. The third-order valence-electron chi connectivity index (χ3n) is 3.60. The Labute approximate surface area is 113 Å². The van der Waals surface area contributed by atoms with E-state index in [1.807, 2.05) is 29.2 Å². The number of benzene rings is 1. The van der Waals surface area contributed by atoms with Gasteiger partial charge in [0.1, 0.15) is 6.17 Å². The van der Waals surface area contributed by atoms with E-state index in [0.717, 1.165) is 5.56 Å². The second-order valence-electron chi connectivity index (χ2n) is 5.12. The lowest BCUT2D eigenvalue weighted by Gasteiger charge is -2.33. The first-order valence-electron chi connectivity index (χ1n) is 6.30. The average Bonchev–Trinajstić information content (AvgIpc) is 2.71. The van der Waals surface area contributed by atoms with Gasteiger partial charge in [-0.3, -0.25) is 10.1 Å². The maximum absolute atomic E-state index is 12.0. The van der Waals surface area contributed by atoms with Crippen LogP contribution in [0.3, 0.4) is 0 Å². The fourth-order valence-electron chi connectivity index (χ4n) is 2.22. The van der Waals surface area contributed by atoms with E-state index in [9.17, 15) is 4.79 Å². The van der Waals surface area contributed by atoms with Gasteiger partial charge in [0.2, 0.25) is 5.91 Å². The number of nitrogens with one attached hydrogen (secondary N) is 1. The predicted octanol–water partition coefficient (Wildman–Crippen LogP) is 2.81. The van der Waals surface area contributed by atoms with Crippen LogP contribution in [0.5, 0.6) is 0 Å². The maximum atomic E-state index is 12.0. The summed E-state index contributed by atoms with van der Waals surface area (Å²) in [6, 6.07) is 7.88. The maximum Gasteiger partial charge on any atom is 0.238 e. The first-order valence-corrected chi connectivity index (χ1v) is 6.68. The Bertz CT molecular complexity index is 430. The molecule has 0 aromatic heterocycles. The summed E-state index contributed by atoms with van der Waals surface area (Å²) in [6.45, 7) is 6.77. The molecular formula is C14H19ClN2O. The van der Waals surface area contributed by atoms with Crippen molar-refractivity contribution in [3.8, 4) is 0 Å². The molecule has 1 aliphatic rings. The zero-order valence-electron chi connectivity index (χ0n) is 11.0. The summed E-state index contributed by atoms with van der Waals surface area (Å²) in [4.78, 5) is 13.9. The normalized spacial score (nSPS) is 21.7. The van der Waals surface area contributed by atoms with Gasteiger partial charge in [-0.05, 0) is 30.5 Å². The summed E-state index contributed by atoms with van der Waals surface area (Å²) in [5.41, 5.74) is 1.08. The van der Waals surface area contributed by atoms with Crippen molar-refractivity contribution in [3.63, 3.8) is 0 Å². The van der Waals surface area contributed by atoms with Crippen LogP contribution in [0.1, 0.15) is 32.5 Å². The number of carbonyl (C=O) groups is 1. The van der Waals surface area contributed by atoms with Crippen LogP contribution in [-0.4, -0.2) is 23.4 Å². The Morgan fingerprint density at radius 2 is 1.89 bits per heavy atom. The van der Waals surface area contributed by atoms with Crippen LogP contribution < -0.4 is 5.32 Å². The molecule has 3 nitrogen and oxygen atoms in total. The van der Waals surface area contributed by atoms with Crippen LogP contribution in [0.2, 0.25) is 5.02 Å². The summed E-state index contributed by atoms with van der Waals surface area (Å²) in [5, 5.41) is 3.98. The Morgan fingerprint density at radius 1 is 1.28 bits per heavy atom. The second kappa shape index (κ2) is 5.29. The van der Waals surface area contributed by atoms with Crippen LogP contribution >= 0.6 is 11.6 Å². The van der Waals surface area contributed by atoms with Crippen LogP contribution in [0.15, 0.2) is 24.3 Å². The molecule has 0 radical (unpaired) electrons. The van der Waals surface area contributed by atoms with E-state index in [4.69, 9.17) is 11.6 Å². The monoisotopic (exact) mass is 266 g/mol. The summed E-state index contributed by atoms with van der Waals surface area (Å²) in [5.74, 6) is 0.597. The van der Waals surface area contributed by atoms with E-state index in [2.05, 4.69) is 26.1 Å². The molecular weight excluding hydrogens is 248 g/mol. The highest BCUT2D eigenvalue weighted by molar-refractivity contribution is 6.30. The molecule has 1 aromatic rings. The quantitative estimate of drug-likeness (QED) is 0.912. The fourth-order valence-corrected chi connectivity index (χ4v) is 2.35. The molecule has 1 amide bonds. The average molecular weight is 267 g/mol. The van der Waals surface area contributed by atoms with Gasteiger partial charge < -0.3 is 4.90 Å². The molecule has 2 atom stereocenters. The van der Waals surface area contributed by atoms with Crippen molar-refractivity contribution in [3.05, 3.63) is 34.9 Å². The molecule has 2 unspecified atom stereocenters. The zero-order chi connectivity index (χ0) is 13.3. The minimum atomic E-state index is -0.0350. The lowest BCUT2D eigenvalue weighted by molar-refractivity contribution is -0.130. The molecule has 0 bridgehead atoms. The van der Waals surface area contributed by atoms with Gasteiger partial charge in [0.15, 0.2) is 0 Å². The molecule has 1 aromatic carbocycles. The van der Waals surface area contributed by atoms with Crippen LogP contribution in [-0.2, 0) is 4.79 Å². The molecule has 1 aliphatic heterocycles. The second-order valence-corrected chi connectivity index (χ2v) is 5.56. The first-order chi connectivity index (χ1) is 8.50. The summed E-state index contributed by atoms with van der Waals surface area (Å²) in [6.07, 6.45) is -0.0350. The van der Waals surface area contributed by atoms with Gasteiger partial charge in [0, 0.05) is 11.1 Å². The standard InChI is InChI=1S/C14H19ClN2O/c1-9(2)10(3)17-13(18)8-16-14(17)11-4-6-12(15)7-5-11/h4-7,9-10,14,16H,8H2,1-3H3. The Hall–Kier alpha value is -1.06. The SMILES string of the molecule is CC(C)C(C)N1C(=O)CNC1c1ccc(Cl)cc1. The molecule has 2 rings (SSSR count). The zero-order valence-corrected chi connectivity index (χ0v) is 11.7. The van der Waals surface area contributed by atoms with Crippen molar-refractivity contribution in [1.29, 1.82) is 0 Å². The van der Waals surface area contributed by atoms with E-state index in [-0.39, 0.29) is 18.1 Å². The van der Waals surface area contributed by atoms with E-state index in [1.165, 1.54) is 0 Å². The van der Waals surface area contributed by atoms with Crippen molar-refractivity contribution in [2.45, 2.75) is 33.0 Å². The molecule has 4 heteroatoms. The number of nitrogens with zero attached hydrogens (tertiary/aromatic N) is 1. The van der Waals surface area contributed by atoms with E-state index in [0.29, 0.717) is 17.5 Å². The Morgan fingerprint density at radius 3 is 2.44 bits per heavy atom. The molecule has 98 valence electrons. The molecule has 1 heterocycles. The summed E-state index contributed by atoms with van der Waals surface area (Å²) < 4.78 is 0. The molecule has 0 saturated carbocycles. The van der Waals surface area contributed by atoms with Crippen molar-refractivity contribution in [2.24, 2.45) is 5.92 Å². The van der Waals surface area contributed by atoms with E-state index < -0.39 is 0 Å². The van der Waals surface area contributed by atoms with Crippen molar-refractivity contribution >= 4 is 17.5 Å². The van der Waals surface area contributed by atoms with Gasteiger partial charge in [-0.2, -0.15) is 0 Å². The predicted molar refractivity (Wildman–Crippen MR) is 73.3 cm³/mol. The number of rotatable bonds is 3. The Balaban J connectivity index is 2.26. The van der Waals surface area contributed by atoms with Crippen LogP contribution in [0.4, 0.5) is 0 Å². The molecule has 0 spiro atoms. The highest BCUT2D eigenvalue weighted by Crippen LogP contribution is 2.28. The van der Waals surface area contributed by atoms with E-state index >= 15 is 0 Å².